The molecule has 1 aromatic rings. The highest BCUT2D eigenvalue weighted by atomic mass is 32.1. The molecule has 0 amide bonds. The normalized spacial score (nSPS) is 12.5. The molecule has 0 aliphatic rings. The molecule has 0 fully saturated rings. The van der Waals surface area contributed by atoms with Crippen molar-refractivity contribution in [3.63, 3.8) is 0 Å². The summed E-state index contributed by atoms with van der Waals surface area (Å²) in [5.41, 5.74) is 1.25. The number of rotatable bonds is 9. The zero-order chi connectivity index (χ0) is 17.1. The minimum Gasteiger partial charge on any atom is -0.381 e. The Morgan fingerprint density at radius 3 is 2.61 bits per heavy atom. The summed E-state index contributed by atoms with van der Waals surface area (Å²) in [6.07, 6.45) is 3.30. The molecule has 0 unspecified atom stereocenters. The van der Waals surface area contributed by atoms with Crippen LogP contribution < -0.4 is 10.6 Å². The van der Waals surface area contributed by atoms with E-state index in [0.717, 1.165) is 49.3 Å². The predicted octanol–water partition coefficient (Wildman–Crippen LogP) is 3.31. The van der Waals surface area contributed by atoms with Gasteiger partial charge in [-0.25, -0.2) is 4.98 Å². The molecule has 0 bridgehead atoms. The predicted molar refractivity (Wildman–Crippen MR) is 99.4 cm³/mol. The first-order valence-electron chi connectivity index (χ1n) is 8.44. The number of nitrogens with one attached hydrogen (secondary N) is 2. The Hall–Kier alpha value is -1.14. The second-order valence-electron chi connectivity index (χ2n) is 6.55. The highest BCUT2D eigenvalue weighted by molar-refractivity contribution is 7.09. The van der Waals surface area contributed by atoms with Gasteiger partial charge in [-0.3, -0.25) is 4.99 Å². The van der Waals surface area contributed by atoms with E-state index < -0.39 is 0 Å². The molecular weight excluding hydrogens is 308 g/mol. The molecular formula is C17H32N4OS. The molecule has 1 rings (SSSR count). The van der Waals surface area contributed by atoms with Crippen LogP contribution in [0.5, 0.6) is 0 Å². The molecule has 0 radical (unpaired) electrons. The van der Waals surface area contributed by atoms with Crippen LogP contribution in [0.3, 0.4) is 0 Å². The van der Waals surface area contributed by atoms with Crippen LogP contribution in [0.4, 0.5) is 0 Å². The Morgan fingerprint density at radius 1 is 1.26 bits per heavy atom. The summed E-state index contributed by atoms with van der Waals surface area (Å²) in [6.45, 7) is 11.9. The second-order valence-corrected chi connectivity index (χ2v) is 7.49. The van der Waals surface area contributed by atoms with Gasteiger partial charge in [-0.15, -0.1) is 11.3 Å². The lowest BCUT2D eigenvalue weighted by molar-refractivity contribution is 0.129. The molecule has 6 heteroatoms. The van der Waals surface area contributed by atoms with Crippen LogP contribution in [-0.4, -0.2) is 37.7 Å². The second kappa shape index (κ2) is 10.6. The molecule has 0 aliphatic carbocycles. The van der Waals surface area contributed by atoms with E-state index in [1.165, 1.54) is 6.42 Å². The lowest BCUT2D eigenvalue weighted by Gasteiger charge is -2.14. The van der Waals surface area contributed by atoms with E-state index in [1.807, 2.05) is 0 Å². The molecule has 5 nitrogen and oxygen atoms in total. The van der Waals surface area contributed by atoms with E-state index in [-0.39, 0.29) is 5.41 Å². The van der Waals surface area contributed by atoms with Gasteiger partial charge in [-0.1, -0.05) is 34.1 Å². The van der Waals surface area contributed by atoms with Crippen LogP contribution in [0, 0.1) is 0 Å². The summed E-state index contributed by atoms with van der Waals surface area (Å²) in [6, 6.07) is 0. The van der Waals surface area contributed by atoms with Gasteiger partial charge in [0.25, 0.3) is 0 Å². The summed E-state index contributed by atoms with van der Waals surface area (Å²) in [7, 11) is 1.79. The van der Waals surface area contributed by atoms with Gasteiger partial charge in [0.15, 0.2) is 5.96 Å². The van der Waals surface area contributed by atoms with Crippen molar-refractivity contribution in [3.8, 4) is 0 Å². The Bertz CT molecular complexity index is 465. The van der Waals surface area contributed by atoms with Crippen molar-refractivity contribution >= 4 is 17.3 Å². The number of thiazole rings is 1. The third-order valence-electron chi connectivity index (χ3n) is 3.35. The van der Waals surface area contributed by atoms with Gasteiger partial charge in [-0.05, 0) is 12.8 Å². The Kier molecular flexibility index (Phi) is 9.17. The van der Waals surface area contributed by atoms with Crippen molar-refractivity contribution < 1.29 is 4.74 Å². The first kappa shape index (κ1) is 19.9. The topological polar surface area (TPSA) is 58.5 Å². The van der Waals surface area contributed by atoms with Crippen molar-refractivity contribution in [1.82, 2.24) is 15.6 Å². The number of guanidine groups is 1. The maximum atomic E-state index is 5.54. The third-order valence-corrected chi connectivity index (χ3v) is 4.20. The molecule has 132 valence electrons. The highest BCUT2D eigenvalue weighted by Crippen LogP contribution is 2.23. The Morgan fingerprint density at radius 2 is 2.00 bits per heavy atom. The van der Waals surface area contributed by atoms with Crippen molar-refractivity contribution in [1.29, 1.82) is 0 Å². The van der Waals surface area contributed by atoms with Crippen LogP contribution in [0.2, 0.25) is 0 Å². The molecule has 0 saturated heterocycles. The average molecular weight is 341 g/mol. The van der Waals surface area contributed by atoms with Gasteiger partial charge in [0, 0.05) is 37.6 Å². The number of hydrogen-bond donors (Lipinski definition) is 2. The number of unbranched alkanes of at least 4 members (excludes halogenated alkanes) is 1. The largest absolute Gasteiger partial charge is 0.381 e. The van der Waals surface area contributed by atoms with Crippen LogP contribution in [0.25, 0.3) is 0 Å². The minimum absolute atomic E-state index is 0.104. The highest BCUT2D eigenvalue weighted by Gasteiger charge is 2.17. The van der Waals surface area contributed by atoms with E-state index in [4.69, 9.17) is 4.74 Å². The SMILES string of the molecule is CCCCOCCCNC(=NC)NCc1nc(C(C)(C)C)cs1. The first-order chi connectivity index (χ1) is 11.0. The van der Waals surface area contributed by atoms with Gasteiger partial charge in [0.05, 0.1) is 12.2 Å². The zero-order valence-corrected chi connectivity index (χ0v) is 16.1. The van der Waals surface area contributed by atoms with Gasteiger partial charge >= 0.3 is 0 Å². The van der Waals surface area contributed by atoms with Crippen molar-refractivity contribution in [2.45, 2.75) is 58.9 Å². The average Bonchev–Trinajstić information content (AvgIpc) is 2.98. The van der Waals surface area contributed by atoms with E-state index >= 15 is 0 Å². The van der Waals surface area contributed by atoms with Crippen LogP contribution in [0.1, 0.15) is 57.7 Å². The molecule has 2 N–H and O–H groups in total. The van der Waals surface area contributed by atoms with E-state index in [2.05, 4.69) is 53.7 Å². The first-order valence-corrected chi connectivity index (χ1v) is 9.32. The molecule has 1 heterocycles. The number of aromatic nitrogens is 1. The number of nitrogens with zero attached hydrogens (tertiary/aromatic N) is 2. The molecule has 0 saturated carbocycles. The fraction of sp³-hybridized carbons (Fsp3) is 0.765. The summed E-state index contributed by atoms with van der Waals surface area (Å²) in [5, 5.41) is 9.83. The summed E-state index contributed by atoms with van der Waals surface area (Å²) >= 11 is 1.69. The minimum atomic E-state index is 0.104. The summed E-state index contributed by atoms with van der Waals surface area (Å²) in [4.78, 5) is 8.92. The fourth-order valence-corrected chi connectivity index (χ4v) is 2.81. The van der Waals surface area contributed by atoms with Crippen LogP contribution in [-0.2, 0) is 16.7 Å². The third kappa shape index (κ3) is 8.32. The van der Waals surface area contributed by atoms with Crippen LogP contribution in [0.15, 0.2) is 10.4 Å². The van der Waals surface area contributed by atoms with Crippen molar-refractivity contribution in [3.05, 3.63) is 16.1 Å². The van der Waals surface area contributed by atoms with Gasteiger partial charge < -0.3 is 15.4 Å². The molecule has 0 spiro atoms. The lowest BCUT2D eigenvalue weighted by Crippen LogP contribution is -2.37. The quantitative estimate of drug-likeness (QED) is 0.411. The number of ether oxygens (including phenoxy) is 1. The molecule has 1 aromatic heterocycles. The standard InChI is InChI=1S/C17H32N4OS/c1-6-7-10-22-11-8-9-19-16(18-5)20-12-15-21-14(13-23-15)17(2,3)4/h13H,6-12H2,1-5H3,(H2,18,19,20). The Labute approximate surface area is 145 Å². The molecule has 0 atom stereocenters. The fourth-order valence-electron chi connectivity index (χ4n) is 1.85. The Balaban J connectivity index is 2.23. The van der Waals surface area contributed by atoms with E-state index in [1.54, 1.807) is 18.4 Å². The van der Waals surface area contributed by atoms with Gasteiger partial charge in [0.1, 0.15) is 5.01 Å². The van der Waals surface area contributed by atoms with Gasteiger partial charge in [0.2, 0.25) is 0 Å². The summed E-state index contributed by atoms with van der Waals surface area (Å²) < 4.78 is 5.54. The number of aliphatic imine (C=N–C) groups is 1. The van der Waals surface area contributed by atoms with Crippen LogP contribution >= 0.6 is 11.3 Å². The maximum Gasteiger partial charge on any atom is 0.191 e. The lowest BCUT2D eigenvalue weighted by atomic mass is 9.93. The molecule has 0 aliphatic heterocycles. The smallest absolute Gasteiger partial charge is 0.191 e. The van der Waals surface area contributed by atoms with E-state index in [9.17, 15) is 0 Å². The van der Waals surface area contributed by atoms with Crippen molar-refractivity contribution in [2.75, 3.05) is 26.8 Å². The molecule has 23 heavy (non-hydrogen) atoms. The van der Waals surface area contributed by atoms with Gasteiger partial charge in [-0.2, -0.15) is 0 Å². The molecule has 0 aromatic carbocycles. The number of hydrogen-bond acceptors (Lipinski definition) is 4. The summed E-state index contributed by atoms with van der Waals surface area (Å²) in [5.74, 6) is 0.811. The van der Waals surface area contributed by atoms with E-state index in [0.29, 0.717) is 6.54 Å². The zero-order valence-electron chi connectivity index (χ0n) is 15.2. The monoisotopic (exact) mass is 340 g/mol. The van der Waals surface area contributed by atoms with Crippen molar-refractivity contribution in [2.24, 2.45) is 4.99 Å². The maximum absolute atomic E-state index is 5.54.